The molecule has 0 fully saturated rings. The highest BCUT2D eigenvalue weighted by Gasteiger charge is 2.20. The van der Waals surface area contributed by atoms with Crippen LogP contribution in [0.3, 0.4) is 0 Å². The number of rotatable bonds is 6. The number of carbonyl (C=O) groups is 1. The summed E-state index contributed by atoms with van der Waals surface area (Å²) in [5.41, 5.74) is 1.53. The molecule has 0 bridgehead atoms. The third-order valence-corrected chi connectivity index (χ3v) is 6.46. The molecule has 0 spiro atoms. The van der Waals surface area contributed by atoms with Crippen LogP contribution < -0.4 is 5.32 Å². The molecule has 10 heteroatoms. The molecule has 3 rings (SSSR count). The van der Waals surface area contributed by atoms with E-state index >= 15 is 0 Å². The second-order valence-electron chi connectivity index (χ2n) is 6.74. The summed E-state index contributed by atoms with van der Waals surface area (Å²) in [7, 11) is -0.615. The summed E-state index contributed by atoms with van der Waals surface area (Å²) < 4.78 is 25.4. The van der Waals surface area contributed by atoms with Crippen molar-refractivity contribution in [3.05, 3.63) is 69.9 Å². The van der Waals surface area contributed by atoms with E-state index in [2.05, 4.69) is 10.3 Å². The van der Waals surface area contributed by atoms with Crippen LogP contribution >= 0.6 is 0 Å². The average Bonchev–Trinajstić information content (AvgIpc) is 3.11. The fourth-order valence-electron chi connectivity index (χ4n) is 2.91. The molecule has 1 unspecified atom stereocenters. The van der Waals surface area contributed by atoms with Crippen LogP contribution in [0.1, 0.15) is 28.9 Å². The molecule has 1 atom stereocenters. The van der Waals surface area contributed by atoms with Crippen molar-refractivity contribution in [1.29, 1.82) is 0 Å². The fraction of sp³-hybridized carbons (Fsp3) is 0.211. The molecule has 0 saturated heterocycles. The van der Waals surface area contributed by atoms with Gasteiger partial charge >= 0.3 is 0 Å². The highest BCUT2D eigenvalue weighted by molar-refractivity contribution is 7.89. The minimum atomic E-state index is -3.53. The minimum absolute atomic E-state index is 0.100. The SMILES string of the molecule is CC(NC(=O)c1c[nH]c2ccc([N+](=O)[O-])cc12)c1ccc(S(=O)(=O)N(C)C)cc1. The molecule has 2 N–H and O–H groups in total. The van der Waals surface area contributed by atoms with Crippen molar-refractivity contribution in [3.63, 3.8) is 0 Å². The molecule has 2 aromatic carbocycles. The Morgan fingerprint density at radius 2 is 1.83 bits per heavy atom. The maximum Gasteiger partial charge on any atom is 0.270 e. The van der Waals surface area contributed by atoms with E-state index < -0.39 is 26.9 Å². The summed E-state index contributed by atoms with van der Waals surface area (Å²) in [6.07, 6.45) is 1.50. The van der Waals surface area contributed by atoms with E-state index in [0.29, 0.717) is 16.5 Å². The Labute approximate surface area is 167 Å². The number of aromatic amines is 1. The van der Waals surface area contributed by atoms with Gasteiger partial charge in [-0.3, -0.25) is 14.9 Å². The number of carbonyl (C=O) groups excluding carboxylic acids is 1. The quantitative estimate of drug-likeness (QED) is 0.472. The summed E-state index contributed by atoms with van der Waals surface area (Å²) >= 11 is 0. The Hall–Kier alpha value is -3.24. The number of hydrogen-bond acceptors (Lipinski definition) is 5. The molecule has 0 aliphatic heterocycles. The average molecular weight is 416 g/mol. The van der Waals surface area contributed by atoms with Gasteiger partial charge in [0.2, 0.25) is 10.0 Å². The zero-order valence-corrected chi connectivity index (χ0v) is 16.9. The Bertz CT molecular complexity index is 1180. The highest BCUT2D eigenvalue weighted by atomic mass is 32.2. The lowest BCUT2D eigenvalue weighted by atomic mass is 10.1. The van der Waals surface area contributed by atoms with E-state index in [1.807, 2.05) is 0 Å². The van der Waals surface area contributed by atoms with Crippen molar-refractivity contribution in [2.45, 2.75) is 17.9 Å². The van der Waals surface area contributed by atoms with Crippen LogP contribution in [0.2, 0.25) is 0 Å². The molecular weight excluding hydrogens is 396 g/mol. The van der Waals surface area contributed by atoms with Crippen molar-refractivity contribution in [1.82, 2.24) is 14.6 Å². The third-order valence-electron chi connectivity index (χ3n) is 4.63. The van der Waals surface area contributed by atoms with E-state index in [0.717, 1.165) is 9.87 Å². The topological polar surface area (TPSA) is 125 Å². The summed E-state index contributed by atoms with van der Waals surface area (Å²) in [6, 6.07) is 10.1. The molecule has 0 aliphatic rings. The molecular formula is C19H20N4O5S. The van der Waals surface area contributed by atoms with Gasteiger partial charge in [0.15, 0.2) is 0 Å². The lowest BCUT2D eigenvalue weighted by Crippen LogP contribution is -2.26. The van der Waals surface area contributed by atoms with Gasteiger partial charge in [0.25, 0.3) is 11.6 Å². The van der Waals surface area contributed by atoms with Crippen LogP contribution in [0.5, 0.6) is 0 Å². The van der Waals surface area contributed by atoms with Crippen LogP contribution in [0.25, 0.3) is 10.9 Å². The Morgan fingerprint density at radius 3 is 2.41 bits per heavy atom. The van der Waals surface area contributed by atoms with Crippen molar-refractivity contribution < 1.29 is 18.1 Å². The number of nitrogens with one attached hydrogen (secondary N) is 2. The predicted molar refractivity (Wildman–Crippen MR) is 108 cm³/mol. The molecule has 3 aromatic rings. The lowest BCUT2D eigenvalue weighted by molar-refractivity contribution is -0.384. The van der Waals surface area contributed by atoms with Gasteiger partial charge in [-0.1, -0.05) is 12.1 Å². The van der Waals surface area contributed by atoms with Crippen LogP contribution in [0.15, 0.2) is 53.6 Å². The summed E-state index contributed by atoms with van der Waals surface area (Å²) in [4.78, 5) is 26.3. The molecule has 1 heterocycles. The Morgan fingerprint density at radius 1 is 1.17 bits per heavy atom. The third kappa shape index (κ3) is 3.98. The van der Waals surface area contributed by atoms with Gasteiger partial charge in [0.05, 0.1) is 21.4 Å². The number of nitrogens with zero attached hydrogens (tertiary/aromatic N) is 2. The number of non-ortho nitro benzene ring substituents is 1. The van der Waals surface area contributed by atoms with Crippen LogP contribution in [-0.4, -0.2) is 42.6 Å². The monoisotopic (exact) mass is 416 g/mol. The molecule has 0 aliphatic carbocycles. The molecule has 9 nitrogen and oxygen atoms in total. The zero-order chi connectivity index (χ0) is 21.3. The number of benzene rings is 2. The van der Waals surface area contributed by atoms with Gasteiger partial charge in [0.1, 0.15) is 0 Å². The van der Waals surface area contributed by atoms with Gasteiger partial charge in [0, 0.05) is 43.3 Å². The first kappa shape index (κ1) is 20.5. The Balaban J connectivity index is 1.81. The first-order valence-electron chi connectivity index (χ1n) is 8.70. The molecule has 0 radical (unpaired) electrons. The normalized spacial score (nSPS) is 12.8. The van der Waals surface area contributed by atoms with E-state index in [1.54, 1.807) is 25.1 Å². The van der Waals surface area contributed by atoms with Crippen LogP contribution in [0, 0.1) is 10.1 Å². The first-order chi connectivity index (χ1) is 13.6. The van der Waals surface area contributed by atoms with Gasteiger partial charge in [-0.15, -0.1) is 0 Å². The highest BCUT2D eigenvalue weighted by Crippen LogP contribution is 2.25. The van der Waals surface area contributed by atoms with Gasteiger partial charge in [-0.25, -0.2) is 12.7 Å². The van der Waals surface area contributed by atoms with Gasteiger partial charge in [-0.2, -0.15) is 0 Å². The zero-order valence-electron chi connectivity index (χ0n) is 16.0. The number of hydrogen-bond donors (Lipinski definition) is 2. The summed E-state index contributed by atoms with van der Waals surface area (Å²) in [5, 5.41) is 14.3. The van der Waals surface area contributed by atoms with Crippen molar-refractivity contribution in [2.24, 2.45) is 0 Å². The number of H-pyrrole nitrogens is 1. The molecule has 1 amide bonds. The number of nitro groups is 1. The van der Waals surface area contributed by atoms with Crippen molar-refractivity contribution in [2.75, 3.05) is 14.1 Å². The largest absolute Gasteiger partial charge is 0.360 e. The van der Waals surface area contributed by atoms with E-state index in [-0.39, 0.29) is 10.6 Å². The fourth-order valence-corrected chi connectivity index (χ4v) is 3.81. The predicted octanol–water partition coefficient (Wildman–Crippen LogP) is 2.82. The molecule has 29 heavy (non-hydrogen) atoms. The smallest absolute Gasteiger partial charge is 0.270 e. The molecule has 1 aromatic heterocycles. The van der Waals surface area contributed by atoms with Gasteiger partial charge < -0.3 is 10.3 Å². The second kappa shape index (κ2) is 7.64. The second-order valence-corrected chi connectivity index (χ2v) is 8.89. The summed E-state index contributed by atoms with van der Waals surface area (Å²) in [6.45, 7) is 1.77. The maximum atomic E-state index is 12.7. The number of nitro benzene ring substituents is 1. The number of aromatic nitrogens is 1. The van der Waals surface area contributed by atoms with E-state index in [9.17, 15) is 23.3 Å². The molecule has 0 saturated carbocycles. The van der Waals surface area contributed by atoms with Crippen LogP contribution in [-0.2, 0) is 10.0 Å². The van der Waals surface area contributed by atoms with Crippen molar-refractivity contribution >= 4 is 32.5 Å². The number of sulfonamides is 1. The van der Waals surface area contributed by atoms with E-state index in [4.69, 9.17) is 0 Å². The lowest BCUT2D eigenvalue weighted by Gasteiger charge is -2.16. The standard InChI is InChI=1S/C19H20N4O5S/c1-12(13-4-7-15(8-5-13)29(27,28)22(2)3)21-19(24)17-11-20-18-9-6-14(23(25)26)10-16(17)18/h4-12,20H,1-3H3,(H,21,24). The van der Waals surface area contributed by atoms with Crippen molar-refractivity contribution in [3.8, 4) is 0 Å². The first-order valence-corrected chi connectivity index (χ1v) is 10.1. The maximum absolute atomic E-state index is 12.7. The summed E-state index contributed by atoms with van der Waals surface area (Å²) in [5.74, 6) is -0.394. The Kier molecular flexibility index (Phi) is 5.40. The minimum Gasteiger partial charge on any atom is -0.360 e. The van der Waals surface area contributed by atoms with Crippen LogP contribution in [0.4, 0.5) is 5.69 Å². The van der Waals surface area contributed by atoms with E-state index in [1.165, 1.54) is 44.6 Å². The number of fused-ring (bicyclic) bond motifs is 1. The number of amides is 1. The molecule has 152 valence electrons. The van der Waals surface area contributed by atoms with Gasteiger partial charge in [-0.05, 0) is 30.7 Å².